The molecule has 0 saturated carbocycles. The minimum absolute atomic E-state index is 0.297. The van der Waals surface area contributed by atoms with Gasteiger partial charge in [0.05, 0.1) is 0 Å². The quantitative estimate of drug-likeness (QED) is 0.829. The van der Waals surface area contributed by atoms with Gasteiger partial charge < -0.3 is 9.80 Å². The third-order valence-corrected chi connectivity index (χ3v) is 5.02. The zero-order chi connectivity index (χ0) is 17.1. The third-order valence-electron chi connectivity index (χ3n) is 4.16. The monoisotopic (exact) mass is 346 g/mol. The minimum atomic E-state index is 0.297. The van der Waals surface area contributed by atoms with Gasteiger partial charge in [0.15, 0.2) is 0 Å². The molecular formula is C17H26N6S. The van der Waals surface area contributed by atoms with Crippen molar-refractivity contribution in [2.45, 2.75) is 26.3 Å². The van der Waals surface area contributed by atoms with Crippen molar-refractivity contribution in [3.63, 3.8) is 0 Å². The summed E-state index contributed by atoms with van der Waals surface area (Å²) in [7, 11) is 3.95. The van der Waals surface area contributed by atoms with E-state index < -0.39 is 0 Å². The Kier molecular flexibility index (Phi) is 5.30. The van der Waals surface area contributed by atoms with Crippen LogP contribution >= 0.6 is 11.3 Å². The van der Waals surface area contributed by atoms with Gasteiger partial charge in [-0.05, 0) is 11.4 Å². The predicted molar refractivity (Wildman–Crippen MR) is 100 cm³/mol. The summed E-state index contributed by atoms with van der Waals surface area (Å²) in [4.78, 5) is 22.1. The molecule has 24 heavy (non-hydrogen) atoms. The molecule has 0 aromatic carbocycles. The van der Waals surface area contributed by atoms with E-state index in [1.807, 2.05) is 30.3 Å². The zero-order valence-electron chi connectivity index (χ0n) is 14.9. The average Bonchev–Trinajstić information content (AvgIpc) is 3.08. The molecule has 0 bridgehead atoms. The predicted octanol–water partition coefficient (Wildman–Crippen LogP) is 2.44. The molecule has 0 spiro atoms. The van der Waals surface area contributed by atoms with E-state index in [1.165, 1.54) is 4.88 Å². The number of aromatic nitrogens is 3. The Balaban J connectivity index is 1.69. The number of rotatable bonds is 5. The Labute approximate surface area is 148 Å². The fourth-order valence-corrected chi connectivity index (χ4v) is 3.44. The standard InChI is InChI=1S/C17H26N6S/c1-13(2)15-18-16(21(3)4)20-17(19-15)23-9-7-22(8-10-23)12-14-6-5-11-24-14/h5-6,11,13H,7-10,12H2,1-4H3. The first kappa shape index (κ1) is 17.1. The molecule has 1 aliphatic heterocycles. The van der Waals surface area contributed by atoms with Crippen LogP contribution in [0.1, 0.15) is 30.5 Å². The van der Waals surface area contributed by atoms with E-state index >= 15 is 0 Å². The molecule has 2 aromatic heterocycles. The molecule has 1 fully saturated rings. The van der Waals surface area contributed by atoms with Gasteiger partial charge in [0.25, 0.3) is 0 Å². The number of piperazine rings is 1. The summed E-state index contributed by atoms with van der Waals surface area (Å²) in [6.45, 7) is 9.29. The molecule has 1 aliphatic rings. The van der Waals surface area contributed by atoms with Crippen LogP contribution in [0.15, 0.2) is 17.5 Å². The molecule has 0 aliphatic carbocycles. The van der Waals surface area contributed by atoms with Crippen LogP contribution in [0.5, 0.6) is 0 Å². The van der Waals surface area contributed by atoms with Crippen molar-refractivity contribution in [2.24, 2.45) is 0 Å². The highest BCUT2D eigenvalue weighted by atomic mass is 32.1. The molecule has 6 nitrogen and oxygen atoms in total. The van der Waals surface area contributed by atoms with Gasteiger partial charge in [-0.1, -0.05) is 19.9 Å². The molecule has 0 atom stereocenters. The van der Waals surface area contributed by atoms with E-state index in [1.54, 1.807) is 0 Å². The molecular weight excluding hydrogens is 320 g/mol. The van der Waals surface area contributed by atoms with E-state index in [0.717, 1.165) is 50.4 Å². The Morgan fingerprint density at radius 1 is 1.12 bits per heavy atom. The molecule has 130 valence electrons. The van der Waals surface area contributed by atoms with Gasteiger partial charge in [-0.25, -0.2) is 0 Å². The Morgan fingerprint density at radius 3 is 2.46 bits per heavy atom. The number of thiophene rings is 1. The van der Waals surface area contributed by atoms with Gasteiger partial charge in [-0.2, -0.15) is 15.0 Å². The molecule has 3 heterocycles. The van der Waals surface area contributed by atoms with Gasteiger partial charge in [0.2, 0.25) is 11.9 Å². The first-order chi connectivity index (χ1) is 11.5. The fourth-order valence-electron chi connectivity index (χ4n) is 2.70. The SMILES string of the molecule is CC(C)c1nc(N(C)C)nc(N2CCN(Cc3cccs3)CC2)n1. The summed E-state index contributed by atoms with van der Waals surface area (Å²) < 4.78 is 0. The minimum Gasteiger partial charge on any atom is -0.347 e. The van der Waals surface area contributed by atoms with Gasteiger partial charge in [0, 0.05) is 57.6 Å². The highest BCUT2D eigenvalue weighted by Crippen LogP contribution is 2.20. The highest BCUT2D eigenvalue weighted by Gasteiger charge is 2.21. The second-order valence-electron chi connectivity index (χ2n) is 6.69. The van der Waals surface area contributed by atoms with Crippen molar-refractivity contribution in [3.8, 4) is 0 Å². The summed E-state index contributed by atoms with van der Waals surface area (Å²) in [5, 5.41) is 2.15. The van der Waals surface area contributed by atoms with Crippen molar-refractivity contribution in [2.75, 3.05) is 50.1 Å². The second kappa shape index (κ2) is 7.44. The Bertz CT molecular complexity index is 621. The molecule has 0 unspecified atom stereocenters. The van der Waals surface area contributed by atoms with Crippen LogP contribution in [0.3, 0.4) is 0 Å². The van der Waals surface area contributed by atoms with Crippen LogP contribution in [-0.2, 0) is 6.54 Å². The molecule has 2 aromatic rings. The van der Waals surface area contributed by atoms with E-state index in [9.17, 15) is 0 Å². The topological polar surface area (TPSA) is 48.4 Å². The lowest BCUT2D eigenvalue weighted by molar-refractivity contribution is 0.250. The highest BCUT2D eigenvalue weighted by molar-refractivity contribution is 7.09. The Morgan fingerprint density at radius 2 is 1.88 bits per heavy atom. The first-order valence-corrected chi connectivity index (χ1v) is 9.34. The average molecular weight is 347 g/mol. The van der Waals surface area contributed by atoms with Crippen LogP contribution in [0, 0.1) is 0 Å². The summed E-state index contributed by atoms with van der Waals surface area (Å²) >= 11 is 1.83. The number of nitrogens with zero attached hydrogens (tertiary/aromatic N) is 6. The number of hydrogen-bond acceptors (Lipinski definition) is 7. The van der Waals surface area contributed by atoms with Crippen LogP contribution in [0.4, 0.5) is 11.9 Å². The van der Waals surface area contributed by atoms with Crippen molar-refractivity contribution in [3.05, 3.63) is 28.2 Å². The van der Waals surface area contributed by atoms with Gasteiger partial charge in [0.1, 0.15) is 5.82 Å². The van der Waals surface area contributed by atoms with Gasteiger partial charge in [-0.3, -0.25) is 4.90 Å². The zero-order valence-corrected chi connectivity index (χ0v) is 15.8. The van der Waals surface area contributed by atoms with Crippen LogP contribution < -0.4 is 9.80 Å². The maximum absolute atomic E-state index is 4.70. The number of hydrogen-bond donors (Lipinski definition) is 0. The number of anilines is 2. The summed E-state index contributed by atoms with van der Waals surface area (Å²) in [5.41, 5.74) is 0. The van der Waals surface area contributed by atoms with Crippen molar-refractivity contribution >= 4 is 23.2 Å². The Hall–Kier alpha value is -1.73. The van der Waals surface area contributed by atoms with Crippen LogP contribution in [-0.4, -0.2) is 60.1 Å². The smallest absolute Gasteiger partial charge is 0.230 e. The molecule has 0 amide bonds. The molecule has 0 radical (unpaired) electrons. The second-order valence-corrected chi connectivity index (χ2v) is 7.72. The summed E-state index contributed by atoms with van der Waals surface area (Å²) in [6.07, 6.45) is 0. The maximum atomic E-state index is 4.70. The molecule has 0 N–H and O–H groups in total. The molecule has 1 saturated heterocycles. The van der Waals surface area contributed by atoms with E-state index in [2.05, 4.69) is 51.1 Å². The van der Waals surface area contributed by atoms with Crippen LogP contribution in [0.2, 0.25) is 0 Å². The van der Waals surface area contributed by atoms with E-state index in [0.29, 0.717) is 5.92 Å². The lowest BCUT2D eigenvalue weighted by atomic mass is 10.2. The normalized spacial score (nSPS) is 16.0. The lowest BCUT2D eigenvalue weighted by Crippen LogP contribution is -2.46. The molecule has 7 heteroatoms. The van der Waals surface area contributed by atoms with Gasteiger partial charge in [-0.15, -0.1) is 11.3 Å². The fraction of sp³-hybridized carbons (Fsp3) is 0.588. The maximum Gasteiger partial charge on any atom is 0.230 e. The van der Waals surface area contributed by atoms with Crippen molar-refractivity contribution < 1.29 is 0 Å². The lowest BCUT2D eigenvalue weighted by Gasteiger charge is -2.34. The largest absolute Gasteiger partial charge is 0.347 e. The summed E-state index contributed by atoms with van der Waals surface area (Å²) in [6, 6.07) is 4.33. The first-order valence-electron chi connectivity index (χ1n) is 8.46. The van der Waals surface area contributed by atoms with Crippen molar-refractivity contribution in [1.29, 1.82) is 0 Å². The van der Waals surface area contributed by atoms with Gasteiger partial charge >= 0.3 is 0 Å². The van der Waals surface area contributed by atoms with Crippen LogP contribution in [0.25, 0.3) is 0 Å². The van der Waals surface area contributed by atoms with Crippen molar-refractivity contribution in [1.82, 2.24) is 19.9 Å². The van der Waals surface area contributed by atoms with E-state index in [-0.39, 0.29) is 0 Å². The van der Waals surface area contributed by atoms with E-state index in [4.69, 9.17) is 4.98 Å². The summed E-state index contributed by atoms with van der Waals surface area (Å²) in [5.74, 6) is 2.72. The molecule has 3 rings (SSSR count). The third kappa shape index (κ3) is 4.02.